The van der Waals surface area contributed by atoms with Crippen LogP contribution < -0.4 is 21.3 Å². The SMILES string of the molecule is O=C(NCc1ccccc1)Nc1cnc2[nH]ccc2n1.O=C(Nc1cnc2[nH]ccc2n1)NC1CCCCCC1. The minimum atomic E-state index is -0.307. The molecule has 4 amide bonds. The molecule has 4 heterocycles. The van der Waals surface area contributed by atoms with Crippen molar-refractivity contribution < 1.29 is 9.59 Å². The minimum absolute atomic E-state index is 0.193. The smallest absolute Gasteiger partial charge is 0.320 e. The molecule has 1 aliphatic rings. The number of rotatable bonds is 5. The molecule has 1 saturated carbocycles. The number of nitrogens with zero attached hydrogens (tertiary/aromatic N) is 4. The summed E-state index contributed by atoms with van der Waals surface area (Å²) in [5.41, 5.74) is 3.91. The Bertz CT molecular complexity index is 1540. The van der Waals surface area contributed by atoms with Gasteiger partial charge in [-0.15, -0.1) is 0 Å². The number of carbonyl (C=O) groups excluding carboxylic acids is 2. The lowest BCUT2D eigenvalue weighted by atomic mass is 10.1. The van der Waals surface area contributed by atoms with Gasteiger partial charge in [0.2, 0.25) is 0 Å². The lowest BCUT2D eigenvalue weighted by Gasteiger charge is -2.16. The number of hydrogen-bond acceptors (Lipinski definition) is 6. The van der Waals surface area contributed by atoms with Crippen molar-refractivity contribution in [1.29, 1.82) is 0 Å². The Balaban J connectivity index is 0.000000161. The number of nitrogens with one attached hydrogen (secondary N) is 6. The summed E-state index contributed by atoms with van der Waals surface area (Å²) in [5, 5.41) is 11.2. The van der Waals surface area contributed by atoms with Crippen LogP contribution in [0.15, 0.2) is 67.3 Å². The van der Waals surface area contributed by atoms with Crippen LogP contribution in [0.1, 0.15) is 44.1 Å². The summed E-state index contributed by atoms with van der Waals surface area (Å²) < 4.78 is 0. The molecule has 6 rings (SSSR count). The van der Waals surface area contributed by atoms with E-state index in [9.17, 15) is 9.59 Å². The predicted octanol–water partition coefficient (Wildman–Crippen LogP) is 5.08. The molecule has 40 heavy (non-hydrogen) atoms. The third kappa shape index (κ3) is 7.53. The molecular formula is C28H32N10O2. The number of hydrogen-bond donors (Lipinski definition) is 6. The van der Waals surface area contributed by atoms with Crippen LogP contribution in [0.2, 0.25) is 0 Å². The Morgan fingerprint density at radius 1 is 0.750 bits per heavy atom. The summed E-state index contributed by atoms with van der Waals surface area (Å²) in [5.74, 6) is 0.894. The van der Waals surface area contributed by atoms with Crippen molar-refractivity contribution in [1.82, 2.24) is 40.5 Å². The van der Waals surface area contributed by atoms with Crippen molar-refractivity contribution >= 4 is 46.0 Å². The van der Waals surface area contributed by atoms with E-state index in [1.165, 1.54) is 31.9 Å². The van der Waals surface area contributed by atoms with Crippen LogP contribution in [0.5, 0.6) is 0 Å². The largest absolute Gasteiger partial charge is 0.345 e. The molecular weight excluding hydrogens is 508 g/mol. The van der Waals surface area contributed by atoms with Crippen LogP contribution in [0.25, 0.3) is 22.3 Å². The van der Waals surface area contributed by atoms with E-state index in [0.29, 0.717) is 29.3 Å². The van der Waals surface area contributed by atoms with Gasteiger partial charge >= 0.3 is 12.1 Å². The van der Waals surface area contributed by atoms with Crippen molar-refractivity contribution in [3.05, 3.63) is 72.8 Å². The molecule has 6 N–H and O–H groups in total. The zero-order chi connectivity index (χ0) is 27.6. The van der Waals surface area contributed by atoms with Gasteiger partial charge in [0.15, 0.2) is 22.9 Å². The van der Waals surface area contributed by atoms with E-state index in [-0.39, 0.29) is 18.1 Å². The first-order chi connectivity index (χ1) is 19.6. The van der Waals surface area contributed by atoms with E-state index in [2.05, 4.69) is 51.2 Å². The highest BCUT2D eigenvalue weighted by atomic mass is 16.2. The number of aromatic nitrogens is 6. The molecule has 1 aliphatic carbocycles. The second-order valence-corrected chi connectivity index (χ2v) is 9.51. The number of benzene rings is 1. The molecule has 1 fully saturated rings. The minimum Gasteiger partial charge on any atom is -0.345 e. The zero-order valence-corrected chi connectivity index (χ0v) is 22.0. The van der Waals surface area contributed by atoms with Gasteiger partial charge in [0, 0.05) is 25.0 Å². The van der Waals surface area contributed by atoms with Gasteiger partial charge in [0.1, 0.15) is 11.0 Å². The molecule has 0 radical (unpaired) electrons. The van der Waals surface area contributed by atoms with E-state index < -0.39 is 0 Å². The molecule has 0 saturated heterocycles. The van der Waals surface area contributed by atoms with E-state index in [1.807, 2.05) is 36.4 Å². The Morgan fingerprint density at radius 2 is 1.32 bits per heavy atom. The Kier molecular flexibility index (Phi) is 8.77. The fourth-order valence-electron chi connectivity index (χ4n) is 4.48. The number of anilines is 2. The second kappa shape index (κ2) is 13.2. The van der Waals surface area contributed by atoms with Crippen molar-refractivity contribution in [2.45, 2.75) is 51.1 Å². The lowest BCUT2D eigenvalue weighted by Crippen LogP contribution is -2.37. The van der Waals surface area contributed by atoms with Crippen molar-refractivity contribution in [3.8, 4) is 0 Å². The quantitative estimate of drug-likeness (QED) is 0.170. The average Bonchev–Trinajstić information content (AvgIpc) is 3.56. The van der Waals surface area contributed by atoms with Gasteiger partial charge in [-0.05, 0) is 30.5 Å². The van der Waals surface area contributed by atoms with Crippen LogP contribution in [0.3, 0.4) is 0 Å². The molecule has 206 valence electrons. The van der Waals surface area contributed by atoms with Crippen molar-refractivity contribution in [3.63, 3.8) is 0 Å². The predicted molar refractivity (Wildman–Crippen MR) is 154 cm³/mol. The van der Waals surface area contributed by atoms with Gasteiger partial charge in [0.25, 0.3) is 0 Å². The van der Waals surface area contributed by atoms with E-state index in [1.54, 1.807) is 24.7 Å². The molecule has 0 spiro atoms. The highest BCUT2D eigenvalue weighted by molar-refractivity contribution is 5.89. The molecule has 1 aromatic carbocycles. The first-order valence-corrected chi connectivity index (χ1v) is 13.4. The number of amides is 4. The zero-order valence-electron chi connectivity index (χ0n) is 22.0. The van der Waals surface area contributed by atoms with Crippen LogP contribution in [0.4, 0.5) is 21.2 Å². The maximum Gasteiger partial charge on any atom is 0.320 e. The third-order valence-electron chi connectivity index (χ3n) is 6.49. The molecule has 0 bridgehead atoms. The summed E-state index contributed by atoms with van der Waals surface area (Å²) in [6.45, 7) is 0.465. The highest BCUT2D eigenvalue weighted by Crippen LogP contribution is 2.17. The number of aromatic amines is 2. The van der Waals surface area contributed by atoms with Gasteiger partial charge < -0.3 is 20.6 Å². The van der Waals surface area contributed by atoms with Gasteiger partial charge in [-0.3, -0.25) is 10.6 Å². The molecule has 12 heteroatoms. The monoisotopic (exact) mass is 540 g/mol. The Morgan fingerprint density at radius 3 is 1.93 bits per heavy atom. The van der Waals surface area contributed by atoms with Crippen LogP contribution in [0, 0.1) is 0 Å². The summed E-state index contributed by atoms with van der Waals surface area (Å²) in [7, 11) is 0. The summed E-state index contributed by atoms with van der Waals surface area (Å²) in [6, 6.07) is 13.1. The fraction of sp³-hybridized carbons (Fsp3) is 0.286. The summed E-state index contributed by atoms with van der Waals surface area (Å²) >= 11 is 0. The third-order valence-corrected chi connectivity index (χ3v) is 6.49. The molecule has 0 unspecified atom stereocenters. The van der Waals surface area contributed by atoms with Crippen molar-refractivity contribution in [2.24, 2.45) is 0 Å². The lowest BCUT2D eigenvalue weighted by molar-refractivity contribution is 0.247. The Labute approximate surface area is 230 Å². The number of carbonyl (C=O) groups is 2. The van der Waals surface area contributed by atoms with Crippen LogP contribution in [-0.2, 0) is 6.54 Å². The maximum absolute atomic E-state index is 12.0. The standard InChI is InChI=1S/C14H13N5O.C14H19N5O/c20-14(17-8-10-4-2-1-3-5-10)19-12-9-16-13-11(18-12)6-7-15-13;20-14(17-10-5-3-1-2-4-6-10)19-12-9-16-13-11(18-12)7-8-15-13/h1-7,9H,8H2,(H,15,16)(H2,17,18,19,20);7-10H,1-6H2,(H,15,16)(H2,17,18,19,20). The molecule has 5 aromatic rings. The summed E-state index contributed by atoms with van der Waals surface area (Å²) in [6.07, 6.45) is 13.7. The Hall–Kier alpha value is -5.00. The molecule has 12 nitrogen and oxygen atoms in total. The second-order valence-electron chi connectivity index (χ2n) is 9.51. The first kappa shape index (κ1) is 26.6. The molecule has 4 aromatic heterocycles. The number of fused-ring (bicyclic) bond motifs is 2. The van der Waals surface area contributed by atoms with Gasteiger partial charge in [-0.1, -0.05) is 56.0 Å². The molecule has 0 aliphatic heterocycles. The van der Waals surface area contributed by atoms with Crippen LogP contribution in [-0.4, -0.2) is 48.0 Å². The van der Waals surface area contributed by atoms with E-state index in [0.717, 1.165) is 29.6 Å². The van der Waals surface area contributed by atoms with Crippen LogP contribution >= 0.6 is 0 Å². The first-order valence-electron chi connectivity index (χ1n) is 13.4. The number of H-pyrrole nitrogens is 2. The average molecular weight is 541 g/mol. The maximum atomic E-state index is 12.0. The fourth-order valence-corrected chi connectivity index (χ4v) is 4.48. The molecule has 0 atom stereocenters. The van der Waals surface area contributed by atoms with E-state index in [4.69, 9.17) is 0 Å². The van der Waals surface area contributed by atoms with Gasteiger partial charge in [-0.25, -0.2) is 29.5 Å². The van der Waals surface area contributed by atoms with Gasteiger partial charge in [0.05, 0.1) is 12.4 Å². The topological polar surface area (TPSA) is 165 Å². The highest BCUT2D eigenvalue weighted by Gasteiger charge is 2.15. The summed E-state index contributed by atoms with van der Waals surface area (Å²) in [4.78, 5) is 46.6. The van der Waals surface area contributed by atoms with E-state index >= 15 is 0 Å². The normalized spacial score (nSPS) is 13.6. The number of urea groups is 2. The van der Waals surface area contributed by atoms with Gasteiger partial charge in [-0.2, -0.15) is 0 Å². The van der Waals surface area contributed by atoms with Crippen molar-refractivity contribution in [2.75, 3.05) is 10.6 Å².